The summed E-state index contributed by atoms with van der Waals surface area (Å²) in [7, 11) is 0. The molecule has 36 heavy (non-hydrogen) atoms. The Balaban J connectivity index is 1.15. The molecule has 1 N–H and O–H groups in total. The minimum Gasteiger partial charge on any atom is -0.325 e. The van der Waals surface area contributed by atoms with E-state index >= 15 is 0 Å². The molecule has 0 unspecified atom stereocenters. The number of hydrogen-bond donors (Lipinski definition) is 1. The topological polar surface area (TPSA) is 69.7 Å². The fourth-order valence-corrected chi connectivity index (χ4v) is 4.97. The molecule has 0 spiro atoms. The summed E-state index contributed by atoms with van der Waals surface area (Å²) in [4.78, 5) is 42.3. The van der Waals surface area contributed by atoms with E-state index in [9.17, 15) is 14.4 Å². The Morgan fingerprint density at radius 2 is 1.42 bits per heavy atom. The van der Waals surface area contributed by atoms with Crippen molar-refractivity contribution >= 4 is 23.2 Å². The van der Waals surface area contributed by atoms with Gasteiger partial charge in [0.2, 0.25) is 5.91 Å². The second kappa shape index (κ2) is 12.2. The van der Waals surface area contributed by atoms with E-state index in [4.69, 9.17) is 0 Å². The van der Waals surface area contributed by atoms with Crippen LogP contribution in [-0.4, -0.2) is 66.5 Å². The van der Waals surface area contributed by atoms with Crippen LogP contribution in [0.5, 0.6) is 0 Å². The fourth-order valence-electron chi connectivity index (χ4n) is 4.97. The highest BCUT2D eigenvalue weighted by atomic mass is 16.2. The van der Waals surface area contributed by atoms with Crippen molar-refractivity contribution in [1.29, 1.82) is 0 Å². The third kappa shape index (κ3) is 7.21. The van der Waals surface area contributed by atoms with Gasteiger partial charge < -0.3 is 10.2 Å². The zero-order chi connectivity index (χ0) is 25.5. The summed E-state index contributed by atoms with van der Waals surface area (Å²) in [5.41, 5.74) is 4.66. The van der Waals surface area contributed by atoms with E-state index in [2.05, 4.69) is 15.1 Å². The molecule has 1 heterocycles. The largest absolute Gasteiger partial charge is 0.325 e. The maximum absolute atomic E-state index is 12.7. The number of carbonyl (C=O) groups excluding carboxylic acids is 3. The number of nitrogens with zero attached hydrogens (tertiary/aromatic N) is 2. The van der Waals surface area contributed by atoms with Gasteiger partial charge in [0.05, 0.1) is 12.1 Å². The summed E-state index contributed by atoms with van der Waals surface area (Å²) >= 11 is 0. The third-order valence-corrected chi connectivity index (χ3v) is 7.21. The van der Waals surface area contributed by atoms with Gasteiger partial charge in [0.25, 0.3) is 0 Å². The first-order valence-corrected chi connectivity index (χ1v) is 13.0. The van der Waals surface area contributed by atoms with E-state index in [0.29, 0.717) is 25.0 Å². The Bertz CT molecular complexity index is 1080. The second-order valence-electron chi connectivity index (χ2n) is 10.2. The summed E-state index contributed by atoms with van der Waals surface area (Å²) in [5, 5.41) is 2.97. The fraction of sp³-hybridized carbons (Fsp3) is 0.433. The predicted octanol–water partition coefficient (Wildman–Crippen LogP) is 4.28. The van der Waals surface area contributed by atoms with Crippen molar-refractivity contribution in [2.45, 2.75) is 45.4 Å². The molecular weight excluding hydrogens is 450 g/mol. The van der Waals surface area contributed by atoms with Crippen LogP contribution in [0.2, 0.25) is 0 Å². The zero-order valence-corrected chi connectivity index (χ0v) is 21.5. The lowest BCUT2D eigenvalue weighted by Gasteiger charge is -2.34. The molecule has 4 rings (SSSR count). The van der Waals surface area contributed by atoms with E-state index < -0.39 is 0 Å². The number of benzene rings is 2. The van der Waals surface area contributed by atoms with Crippen LogP contribution in [0.1, 0.15) is 48.3 Å². The quantitative estimate of drug-likeness (QED) is 0.342. The maximum atomic E-state index is 12.7. The predicted molar refractivity (Wildman–Crippen MR) is 143 cm³/mol. The molecule has 6 heteroatoms. The number of carbonyl (C=O) groups is 3. The SMILES string of the molecule is Cc1ccc(NC(=O)CN2CCN(CCCC=C3C(=O)CC(c4ccc(C)cc4)CC3=O)CC2)cc1. The Morgan fingerprint density at radius 3 is 2.03 bits per heavy atom. The molecule has 0 bridgehead atoms. The summed E-state index contributed by atoms with van der Waals surface area (Å²) in [5.74, 6) is -0.0212. The van der Waals surface area contributed by atoms with Crippen molar-refractivity contribution < 1.29 is 14.4 Å². The molecule has 190 valence electrons. The number of aryl methyl sites for hydroxylation is 2. The summed E-state index contributed by atoms with van der Waals surface area (Å²) in [6, 6.07) is 16.0. The lowest BCUT2D eigenvalue weighted by molar-refractivity contribution is -0.124. The molecule has 1 amide bonds. The molecule has 6 nitrogen and oxygen atoms in total. The van der Waals surface area contributed by atoms with Crippen molar-refractivity contribution in [3.8, 4) is 0 Å². The van der Waals surface area contributed by atoms with Gasteiger partial charge in [-0.25, -0.2) is 0 Å². The van der Waals surface area contributed by atoms with Gasteiger partial charge in [0.1, 0.15) is 0 Å². The highest BCUT2D eigenvalue weighted by Crippen LogP contribution is 2.32. The molecule has 1 saturated carbocycles. The number of amides is 1. The van der Waals surface area contributed by atoms with E-state index in [1.807, 2.05) is 68.5 Å². The van der Waals surface area contributed by atoms with Gasteiger partial charge >= 0.3 is 0 Å². The molecular formula is C30H37N3O3. The number of ketones is 2. The monoisotopic (exact) mass is 487 g/mol. The minimum absolute atomic E-state index is 0.00184. The normalized spacial score (nSPS) is 19.4. The standard InChI is InChI=1S/C30H37N3O3/c1-22-6-10-24(11-7-22)25-19-28(34)27(29(35)20-25)5-3-4-14-32-15-17-33(18-16-32)21-30(36)31-26-12-8-23(2)9-13-26/h5-13,25H,3-4,14-21H2,1-2H3,(H,31,36). The highest BCUT2D eigenvalue weighted by Gasteiger charge is 2.31. The number of anilines is 1. The number of unbranched alkanes of at least 4 members (excludes halogenated alkanes) is 1. The van der Waals surface area contributed by atoms with Gasteiger partial charge in [-0.05, 0) is 56.8 Å². The third-order valence-electron chi connectivity index (χ3n) is 7.21. The van der Waals surface area contributed by atoms with Gasteiger partial charge in [-0.15, -0.1) is 0 Å². The molecule has 1 aliphatic carbocycles. The molecule has 2 aromatic carbocycles. The summed E-state index contributed by atoms with van der Waals surface area (Å²) < 4.78 is 0. The van der Waals surface area contributed by atoms with Crippen molar-refractivity contribution in [3.63, 3.8) is 0 Å². The van der Waals surface area contributed by atoms with Crippen LogP contribution in [0, 0.1) is 13.8 Å². The molecule has 2 aliphatic rings. The zero-order valence-electron chi connectivity index (χ0n) is 21.5. The number of hydrogen-bond acceptors (Lipinski definition) is 5. The maximum Gasteiger partial charge on any atom is 0.238 e. The molecule has 1 saturated heterocycles. The number of piperazine rings is 1. The van der Waals surface area contributed by atoms with Gasteiger partial charge in [-0.3, -0.25) is 19.3 Å². The van der Waals surface area contributed by atoms with Gasteiger partial charge in [0, 0.05) is 44.7 Å². The van der Waals surface area contributed by atoms with E-state index in [1.165, 1.54) is 11.1 Å². The molecule has 0 atom stereocenters. The van der Waals surface area contributed by atoms with Gasteiger partial charge in [0.15, 0.2) is 11.6 Å². The molecule has 1 aliphatic heterocycles. The van der Waals surface area contributed by atoms with Crippen LogP contribution in [0.3, 0.4) is 0 Å². The van der Waals surface area contributed by atoms with Gasteiger partial charge in [-0.1, -0.05) is 53.6 Å². The number of allylic oxidation sites excluding steroid dienone is 2. The van der Waals surface area contributed by atoms with Crippen LogP contribution in [0.15, 0.2) is 60.2 Å². The van der Waals surface area contributed by atoms with Crippen molar-refractivity contribution in [2.24, 2.45) is 0 Å². The molecule has 0 aromatic heterocycles. The van der Waals surface area contributed by atoms with Gasteiger partial charge in [-0.2, -0.15) is 0 Å². The van der Waals surface area contributed by atoms with Crippen molar-refractivity contribution in [2.75, 3.05) is 44.6 Å². The Hall–Kier alpha value is -3.09. The van der Waals surface area contributed by atoms with Crippen LogP contribution >= 0.6 is 0 Å². The van der Waals surface area contributed by atoms with E-state index in [1.54, 1.807) is 0 Å². The number of rotatable bonds is 8. The van der Waals surface area contributed by atoms with Crippen molar-refractivity contribution in [3.05, 3.63) is 76.9 Å². The average Bonchev–Trinajstić information content (AvgIpc) is 2.86. The first-order chi connectivity index (χ1) is 17.4. The molecule has 0 radical (unpaired) electrons. The summed E-state index contributed by atoms with van der Waals surface area (Å²) in [6.07, 6.45) is 4.35. The van der Waals surface area contributed by atoms with E-state index in [0.717, 1.165) is 56.8 Å². The number of nitrogens with one attached hydrogen (secondary N) is 1. The van der Waals surface area contributed by atoms with Crippen LogP contribution in [-0.2, 0) is 14.4 Å². The molecule has 2 fully saturated rings. The Kier molecular flexibility index (Phi) is 8.83. The molecule has 2 aromatic rings. The van der Waals surface area contributed by atoms with Crippen LogP contribution in [0.25, 0.3) is 0 Å². The average molecular weight is 488 g/mol. The minimum atomic E-state index is -0.0191. The second-order valence-corrected chi connectivity index (χ2v) is 10.2. The lowest BCUT2D eigenvalue weighted by atomic mass is 9.79. The Labute approximate surface area is 214 Å². The number of Topliss-reactive ketones (excluding diaryl/α,β-unsaturated/α-hetero) is 2. The lowest BCUT2D eigenvalue weighted by Crippen LogP contribution is -2.48. The summed E-state index contributed by atoms with van der Waals surface area (Å²) in [6.45, 7) is 8.96. The van der Waals surface area contributed by atoms with E-state index in [-0.39, 0.29) is 23.4 Å². The highest BCUT2D eigenvalue weighted by molar-refractivity contribution is 6.22. The van der Waals surface area contributed by atoms with Crippen molar-refractivity contribution in [1.82, 2.24) is 9.80 Å². The first-order valence-electron chi connectivity index (χ1n) is 13.0. The first kappa shape index (κ1) is 26.0. The Morgan fingerprint density at radius 1 is 0.861 bits per heavy atom. The smallest absolute Gasteiger partial charge is 0.238 e. The van der Waals surface area contributed by atoms with Crippen LogP contribution in [0.4, 0.5) is 5.69 Å². The van der Waals surface area contributed by atoms with Crippen LogP contribution < -0.4 is 5.32 Å².